The van der Waals surface area contributed by atoms with E-state index in [0.29, 0.717) is 0 Å². The fourth-order valence-electron chi connectivity index (χ4n) is 2.03. The van der Waals surface area contributed by atoms with Crippen LogP contribution >= 0.6 is 0 Å². The Morgan fingerprint density at radius 1 is 1.29 bits per heavy atom. The van der Waals surface area contributed by atoms with Gasteiger partial charge in [0.25, 0.3) is 0 Å². The predicted molar refractivity (Wildman–Crippen MR) is 72.1 cm³/mol. The van der Waals surface area contributed by atoms with Crippen LogP contribution in [0.2, 0.25) is 0 Å². The summed E-state index contributed by atoms with van der Waals surface area (Å²) >= 11 is 0. The Labute approximate surface area is 103 Å². The van der Waals surface area contributed by atoms with Gasteiger partial charge in [-0.3, -0.25) is 0 Å². The van der Waals surface area contributed by atoms with Crippen molar-refractivity contribution >= 4 is 11.0 Å². The van der Waals surface area contributed by atoms with Gasteiger partial charge in [0.2, 0.25) is 0 Å². The van der Waals surface area contributed by atoms with E-state index >= 15 is 0 Å². The Balaban J connectivity index is 2.10. The summed E-state index contributed by atoms with van der Waals surface area (Å²) in [5.74, 6) is 1.76. The highest BCUT2D eigenvalue weighted by molar-refractivity contribution is 5.82. The second-order valence-electron chi connectivity index (χ2n) is 4.78. The van der Waals surface area contributed by atoms with Gasteiger partial charge >= 0.3 is 0 Å². The van der Waals surface area contributed by atoms with Gasteiger partial charge in [0.1, 0.15) is 11.3 Å². The zero-order valence-electron chi connectivity index (χ0n) is 10.9. The molecule has 0 aliphatic rings. The van der Waals surface area contributed by atoms with Gasteiger partial charge in [-0.05, 0) is 25.5 Å². The molecular formula is C15H21NO. The minimum Gasteiger partial charge on any atom is -0.461 e. The first-order chi connectivity index (χ1) is 8.22. The predicted octanol–water partition coefficient (Wildman–Crippen LogP) is 3.88. The molecule has 0 saturated carbocycles. The van der Waals surface area contributed by atoms with E-state index < -0.39 is 0 Å². The summed E-state index contributed by atoms with van der Waals surface area (Å²) in [5, 5.41) is 4.75. The van der Waals surface area contributed by atoms with E-state index in [-0.39, 0.29) is 0 Å². The van der Waals surface area contributed by atoms with Crippen LogP contribution < -0.4 is 5.32 Å². The monoisotopic (exact) mass is 231 g/mol. The van der Waals surface area contributed by atoms with Crippen LogP contribution in [0.15, 0.2) is 28.7 Å². The molecule has 1 N–H and O–H groups in total. The second kappa shape index (κ2) is 5.37. The summed E-state index contributed by atoms with van der Waals surface area (Å²) in [6, 6.07) is 8.24. The SMILES string of the molecule is CCC(C)CNCc1c(C)oc2ccccc12. The van der Waals surface area contributed by atoms with Crippen molar-refractivity contribution in [3.8, 4) is 0 Å². The molecule has 1 aromatic heterocycles. The van der Waals surface area contributed by atoms with Gasteiger partial charge in [-0.2, -0.15) is 0 Å². The van der Waals surface area contributed by atoms with E-state index in [0.717, 1.165) is 30.4 Å². The number of hydrogen-bond donors (Lipinski definition) is 1. The van der Waals surface area contributed by atoms with Crippen LogP contribution in [0.3, 0.4) is 0 Å². The van der Waals surface area contributed by atoms with Crippen molar-refractivity contribution in [2.45, 2.75) is 33.7 Å². The van der Waals surface area contributed by atoms with E-state index in [1.165, 1.54) is 17.4 Å². The first-order valence-electron chi connectivity index (χ1n) is 6.40. The number of benzene rings is 1. The summed E-state index contributed by atoms with van der Waals surface area (Å²) in [7, 11) is 0. The molecule has 1 aromatic carbocycles. The van der Waals surface area contributed by atoms with Gasteiger partial charge in [-0.1, -0.05) is 38.5 Å². The van der Waals surface area contributed by atoms with Gasteiger partial charge in [0, 0.05) is 17.5 Å². The quantitative estimate of drug-likeness (QED) is 0.844. The van der Waals surface area contributed by atoms with Crippen LogP contribution in [-0.2, 0) is 6.54 Å². The van der Waals surface area contributed by atoms with Gasteiger partial charge in [0.15, 0.2) is 0 Å². The number of nitrogens with one attached hydrogen (secondary N) is 1. The second-order valence-corrected chi connectivity index (χ2v) is 4.78. The molecule has 1 unspecified atom stereocenters. The third kappa shape index (κ3) is 2.70. The number of para-hydroxylation sites is 1. The molecule has 0 aliphatic carbocycles. The zero-order chi connectivity index (χ0) is 12.3. The molecule has 2 aromatic rings. The lowest BCUT2D eigenvalue weighted by Gasteiger charge is -2.09. The van der Waals surface area contributed by atoms with Crippen LogP contribution in [0.25, 0.3) is 11.0 Å². The minimum absolute atomic E-state index is 0.730. The Kier molecular flexibility index (Phi) is 3.85. The molecule has 92 valence electrons. The van der Waals surface area contributed by atoms with Crippen LogP contribution in [0.4, 0.5) is 0 Å². The van der Waals surface area contributed by atoms with E-state index in [1.807, 2.05) is 19.1 Å². The maximum Gasteiger partial charge on any atom is 0.134 e. The molecule has 0 aliphatic heterocycles. The highest BCUT2D eigenvalue weighted by atomic mass is 16.3. The Morgan fingerprint density at radius 2 is 2.06 bits per heavy atom. The molecule has 0 radical (unpaired) electrons. The average Bonchev–Trinajstić information content (AvgIpc) is 2.66. The molecule has 2 nitrogen and oxygen atoms in total. The first-order valence-corrected chi connectivity index (χ1v) is 6.40. The molecule has 1 heterocycles. The van der Waals surface area contributed by atoms with Crippen LogP contribution in [0, 0.1) is 12.8 Å². The molecule has 0 amide bonds. The number of furan rings is 1. The standard InChI is InChI=1S/C15H21NO/c1-4-11(2)9-16-10-14-12(3)17-15-8-6-5-7-13(14)15/h5-8,11,16H,4,9-10H2,1-3H3. The van der Waals surface area contributed by atoms with Gasteiger partial charge in [0.05, 0.1) is 0 Å². The van der Waals surface area contributed by atoms with Crippen LogP contribution in [0.5, 0.6) is 0 Å². The van der Waals surface area contributed by atoms with Gasteiger partial charge in [-0.15, -0.1) is 0 Å². The lowest BCUT2D eigenvalue weighted by Crippen LogP contribution is -2.20. The largest absolute Gasteiger partial charge is 0.461 e. The van der Waals surface area contributed by atoms with Crippen molar-refractivity contribution in [2.75, 3.05) is 6.54 Å². The Bertz CT molecular complexity index is 487. The molecule has 17 heavy (non-hydrogen) atoms. The Hall–Kier alpha value is -1.28. The minimum atomic E-state index is 0.730. The van der Waals surface area contributed by atoms with Crippen molar-refractivity contribution in [1.29, 1.82) is 0 Å². The van der Waals surface area contributed by atoms with Gasteiger partial charge < -0.3 is 9.73 Å². The van der Waals surface area contributed by atoms with Crippen molar-refractivity contribution < 1.29 is 4.42 Å². The highest BCUT2D eigenvalue weighted by Gasteiger charge is 2.09. The average molecular weight is 231 g/mol. The fourth-order valence-corrected chi connectivity index (χ4v) is 2.03. The van der Waals surface area contributed by atoms with Crippen LogP contribution in [0.1, 0.15) is 31.6 Å². The number of hydrogen-bond acceptors (Lipinski definition) is 2. The summed E-state index contributed by atoms with van der Waals surface area (Å²) in [4.78, 5) is 0. The number of aryl methyl sites for hydroxylation is 1. The molecule has 0 bridgehead atoms. The summed E-state index contributed by atoms with van der Waals surface area (Å²) in [6.07, 6.45) is 1.22. The lowest BCUT2D eigenvalue weighted by molar-refractivity contribution is 0.495. The van der Waals surface area contributed by atoms with Crippen LogP contribution in [-0.4, -0.2) is 6.54 Å². The molecule has 2 heteroatoms. The third-order valence-electron chi connectivity index (χ3n) is 3.39. The van der Waals surface area contributed by atoms with E-state index in [2.05, 4.69) is 31.3 Å². The highest BCUT2D eigenvalue weighted by Crippen LogP contribution is 2.24. The third-order valence-corrected chi connectivity index (χ3v) is 3.39. The van der Waals surface area contributed by atoms with Crippen molar-refractivity contribution in [2.24, 2.45) is 5.92 Å². The van der Waals surface area contributed by atoms with Crippen molar-refractivity contribution in [3.05, 3.63) is 35.6 Å². The number of rotatable bonds is 5. The van der Waals surface area contributed by atoms with E-state index in [9.17, 15) is 0 Å². The van der Waals surface area contributed by atoms with Crippen molar-refractivity contribution in [3.63, 3.8) is 0 Å². The Morgan fingerprint density at radius 3 is 2.82 bits per heavy atom. The fraction of sp³-hybridized carbons (Fsp3) is 0.467. The molecule has 0 saturated heterocycles. The zero-order valence-corrected chi connectivity index (χ0v) is 10.9. The lowest BCUT2D eigenvalue weighted by atomic mass is 10.1. The number of fused-ring (bicyclic) bond motifs is 1. The normalized spacial score (nSPS) is 13.1. The summed E-state index contributed by atoms with van der Waals surface area (Å²) < 4.78 is 5.74. The molecule has 2 rings (SSSR count). The summed E-state index contributed by atoms with van der Waals surface area (Å²) in [6.45, 7) is 8.50. The topological polar surface area (TPSA) is 25.2 Å². The maximum atomic E-state index is 5.74. The van der Waals surface area contributed by atoms with E-state index in [1.54, 1.807) is 0 Å². The van der Waals surface area contributed by atoms with Gasteiger partial charge in [-0.25, -0.2) is 0 Å². The van der Waals surface area contributed by atoms with Crippen molar-refractivity contribution in [1.82, 2.24) is 5.32 Å². The molecule has 0 spiro atoms. The molecule has 1 atom stereocenters. The summed E-state index contributed by atoms with van der Waals surface area (Å²) in [5.41, 5.74) is 2.29. The smallest absolute Gasteiger partial charge is 0.134 e. The first kappa shape index (κ1) is 12.2. The van der Waals surface area contributed by atoms with E-state index in [4.69, 9.17) is 4.42 Å². The molecular weight excluding hydrogens is 210 g/mol. The maximum absolute atomic E-state index is 5.74. The molecule has 0 fully saturated rings.